The number of methoxy groups -OCH3 is 1. The van der Waals surface area contributed by atoms with E-state index in [1.807, 2.05) is 6.07 Å². The van der Waals surface area contributed by atoms with Crippen LogP contribution in [0.4, 0.5) is 10.1 Å². The Kier molecular flexibility index (Phi) is 6.52. The fraction of sp³-hybridized carbons (Fsp3) is 0.250. The van der Waals surface area contributed by atoms with Crippen LogP contribution in [0.15, 0.2) is 69.9 Å². The van der Waals surface area contributed by atoms with Crippen molar-refractivity contribution in [2.24, 2.45) is 0 Å². The molecule has 7 nitrogen and oxygen atoms in total. The van der Waals surface area contributed by atoms with Crippen molar-refractivity contribution >= 4 is 16.7 Å². The van der Waals surface area contributed by atoms with E-state index in [4.69, 9.17) is 13.9 Å². The molecule has 0 aliphatic carbocycles. The van der Waals surface area contributed by atoms with Crippen LogP contribution >= 0.6 is 0 Å². The Bertz CT molecular complexity index is 1440. The van der Waals surface area contributed by atoms with Gasteiger partial charge in [-0.3, -0.25) is 9.69 Å². The predicted molar refractivity (Wildman–Crippen MR) is 136 cm³/mol. The number of aryl methyl sites for hydroxylation is 1. The Hall–Kier alpha value is -4.04. The Morgan fingerprint density at radius 1 is 0.972 bits per heavy atom. The molecule has 3 aromatic carbocycles. The molecule has 4 aromatic rings. The van der Waals surface area contributed by atoms with Crippen molar-refractivity contribution in [3.8, 4) is 23.0 Å². The highest BCUT2D eigenvalue weighted by atomic mass is 19.1. The number of hydrogen-bond donors (Lipinski definition) is 1. The smallest absolute Gasteiger partial charge is 0.235 e. The first kappa shape index (κ1) is 23.7. The lowest BCUT2D eigenvalue weighted by molar-refractivity contribution is 0.246. The summed E-state index contributed by atoms with van der Waals surface area (Å²) in [7, 11) is 1.53. The molecule has 5 rings (SSSR count). The molecule has 1 saturated heterocycles. The number of phenols is 1. The van der Waals surface area contributed by atoms with Crippen molar-refractivity contribution in [1.29, 1.82) is 0 Å². The highest BCUT2D eigenvalue weighted by molar-refractivity contribution is 5.83. The summed E-state index contributed by atoms with van der Waals surface area (Å²) in [5.41, 5.74) is 1.58. The molecule has 186 valence electrons. The number of benzene rings is 3. The fourth-order valence-electron chi connectivity index (χ4n) is 4.52. The number of phenolic OH excluding ortho intramolecular Hbond substituents is 1. The Morgan fingerprint density at radius 2 is 1.67 bits per heavy atom. The molecule has 1 fully saturated rings. The summed E-state index contributed by atoms with van der Waals surface area (Å²) in [6, 6.07) is 16.6. The number of para-hydroxylation sites is 2. The molecule has 0 unspecified atom stereocenters. The molecule has 0 spiro atoms. The molecular weight excluding hydrogens is 463 g/mol. The fourth-order valence-corrected chi connectivity index (χ4v) is 4.52. The van der Waals surface area contributed by atoms with Crippen molar-refractivity contribution in [1.82, 2.24) is 4.90 Å². The predicted octanol–water partition coefficient (Wildman–Crippen LogP) is 5.07. The third-order valence-corrected chi connectivity index (χ3v) is 6.49. The Morgan fingerprint density at radius 3 is 2.36 bits per heavy atom. The van der Waals surface area contributed by atoms with Crippen LogP contribution in [0.2, 0.25) is 0 Å². The van der Waals surface area contributed by atoms with E-state index in [0.717, 1.165) is 31.9 Å². The summed E-state index contributed by atoms with van der Waals surface area (Å²) in [6.45, 7) is 5.10. The quantitative estimate of drug-likeness (QED) is 0.405. The van der Waals surface area contributed by atoms with Gasteiger partial charge in [0.1, 0.15) is 22.9 Å². The Balaban J connectivity index is 1.40. The van der Waals surface area contributed by atoms with Crippen molar-refractivity contribution in [2.45, 2.75) is 13.5 Å². The van der Waals surface area contributed by atoms with Gasteiger partial charge in [0, 0.05) is 38.4 Å². The van der Waals surface area contributed by atoms with Gasteiger partial charge in [-0.15, -0.1) is 0 Å². The minimum Gasteiger partial charge on any atom is -0.507 e. The minimum absolute atomic E-state index is 0.0735. The molecule has 36 heavy (non-hydrogen) atoms. The number of piperazine rings is 1. The van der Waals surface area contributed by atoms with Gasteiger partial charge in [-0.25, -0.2) is 4.39 Å². The molecule has 1 aromatic heterocycles. The second-order valence-electron chi connectivity index (χ2n) is 8.75. The van der Waals surface area contributed by atoms with E-state index in [2.05, 4.69) is 9.80 Å². The SMILES string of the molecule is COc1ccccc1Oc1c(C)oc2c(CN3CCN(c4ccc(F)cc4)CC3)c(O)ccc2c1=O. The third kappa shape index (κ3) is 4.59. The second-order valence-corrected chi connectivity index (χ2v) is 8.75. The highest BCUT2D eigenvalue weighted by Gasteiger charge is 2.23. The molecule has 0 atom stereocenters. The summed E-state index contributed by atoms with van der Waals surface area (Å²) in [5, 5.41) is 11.0. The van der Waals surface area contributed by atoms with E-state index in [0.29, 0.717) is 40.3 Å². The van der Waals surface area contributed by atoms with Crippen LogP contribution in [-0.2, 0) is 6.54 Å². The summed E-state index contributed by atoms with van der Waals surface area (Å²) in [6.07, 6.45) is 0. The maximum atomic E-state index is 13.4. The second kappa shape index (κ2) is 9.91. The highest BCUT2D eigenvalue weighted by Crippen LogP contribution is 2.34. The largest absolute Gasteiger partial charge is 0.507 e. The molecule has 0 amide bonds. The lowest BCUT2D eigenvalue weighted by Gasteiger charge is -2.36. The van der Waals surface area contributed by atoms with E-state index in [-0.39, 0.29) is 22.7 Å². The number of hydrogen-bond acceptors (Lipinski definition) is 7. The van der Waals surface area contributed by atoms with Crippen molar-refractivity contribution in [3.05, 3.63) is 88.0 Å². The van der Waals surface area contributed by atoms with Gasteiger partial charge in [0.2, 0.25) is 11.2 Å². The molecule has 0 saturated carbocycles. The lowest BCUT2D eigenvalue weighted by atomic mass is 10.1. The maximum absolute atomic E-state index is 13.4. The number of aromatic hydroxyl groups is 1. The first-order valence-corrected chi connectivity index (χ1v) is 11.8. The van der Waals surface area contributed by atoms with Crippen molar-refractivity contribution in [3.63, 3.8) is 0 Å². The van der Waals surface area contributed by atoms with E-state index >= 15 is 0 Å². The number of anilines is 1. The first-order valence-electron chi connectivity index (χ1n) is 11.8. The van der Waals surface area contributed by atoms with E-state index < -0.39 is 0 Å². The van der Waals surface area contributed by atoms with E-state index in [1.165, 1.54) is 25.3 Å². The van der Waals surface area contributed by atoms with Crippen LogP contribution in [0.25, 0.3) is 11.0 Å². The number of nitrogens with zero attached hydrogens (tertiary/aromatic N) is 2. The van der Waals surface area contributed by atoms with Crippen molar-refractivity contribution in [2.75, 3.05) is 38.2 Å². The van der Waals surface area contributed by atoms with Crippen LogP contribution in [-0.4, -0.2) is 43.3 Å². The van der Waals surface area contributed by atoms with Crippen LogP contribution in [0.1, 0.15) is 11.3 Å². The molecule has 1 aliphatic heterocycles. The molecule has 2 heterocycles. The molecule has 1 N–H and O–H groups in total. The summed E-state index contributed by atoms with van der Waals surface area (Å²) >= 11 is 0. The summed E-state index contributed by atoms with van der Waals surface area (Å²) in [5.74, 6) is 1.12. The summed E-state index contributed by atoms with van der Waals surface area (Å²) < 4.78 is 30.6. The number of ether oxygens (including phenoxy) is 2. The average Bonchev–Trinajstić information content (AvgIpc) is 2.89. The van der Waals surface area contributed by atoms with Gasteiger partial charge in [0.25, 0.3) is 0 Å². The van der Waals surface area contributed by atoms with E-state index in [9.17, 15) is 14.3 Å². The zero-order chi connectivity index (χ0) is 25.2. The van der Waals surface area contributed by atoms with Gasteiger partial charge in [0.05, 0.1) is 18.1 Å². The molecule has 0 radical (unpaired) electrons. The standard InChI is InChI=1S/C28H27FN2O5/c1-18-27(36-25-6-4-3-5-24(25)34-2)26(33)21-11-12-23(32)22(28(21)35-18)17-30-13-15-31(16-14-30)20-9-7-19(29)8-10-20/h3-12,32H,13-17H2,1-2H3. The number of fused-ring (bicyclic) bond motifs is 1. The van der Waals surface area contributed by atoms with Crippen molar-refractivity contribution < 1.29 is 23.4 Å². The van der Waals surface area contributed by atoms with Crippen LogP contribution in [0.5, 0.6) is 23.0 Å². The first-order chi connectivity index (χ1) is 17.4. The Labute approximate surface area is 207 Å². The van der Waals surface area contributed by atoms with E-state index in [1.54, 1.807) is 43.3 Å². The number of halogens is 1. The molecule has 8 heteroatoms. The zero-order valence-electron chi connectivity index (χ0n) is 20.2. The van der Waals surface area contributed by atoms with Gasteiger partial charge in [-0.2, -0.15) is 0 Å². The minimum atomic E-state index is -0.318. The van der Waals surface area contributed by atoms with Gasteiger partial charge >= 0.3 is 0 Å². The zero-order valence-corrected chi connectivity index (χ0v) is 20.2. The van der Waals surface area contributed by atoms with Crippen LogP contribution < -0.4 is 19.8 Å². The molecule has 1 aliphatic rings. The monoisotopic (exact) mass is 490 g/mol. The van der Waals surface area contributed by atoms with Crippen LogP contribution in [0.3, 0.4) is 0 Å². The summed E-state index contributed by atoms with van der Waals surface area (Å²) in [4.78, 5) is 17.8. The lowest BCUT2D eigenvalue weighted by Crippen LogP contribution is -2.46. The van der Waals surface area contributed by atoms with Gasteiger partial charge in [0.15, 0.2) is 11.5 Å². The van der Waals surface area contributed by atoms with Gasteiger partial charge in [-0.05, 0) is 55.5 Å². The number of rotatable bonds is 6. The topological polar surface area (TPSA) is 75.4 Å². The molecular formula is C28H27FN2O5. The maximum Gasteiger partial charge on any atom is 0.235 e. The van der Waals surface area contributed by atoms with Crippen LogP contribution in [0, 0.1) is 12.7 Å². The van der Waals surface area contributed by atoms with Gasteiger partial charge < -0.3 is 23.9 Å². The third-order valence-electron chi connectivity index (χ3n) is 6.49. The average molecular weight is 491 g/mol. The molecule has 0 bridgehead atoms. The normalized spacial score (nSPS) is 14.2. The van der Waals surface area contributed by atoms with Gasteiger partial charge in [-0.1, -0.05) is 12.1 Å².